The van der Waals surface area contributed by atoms with E-state index in [0.717, 1.165) is 29.1 Å². The monoisotopic (exact) mass is 302 g/mol. The highest BCUT2D eigenvalue weighted by Crippen LogP contribution is 2.23. The fourth-order valence-electron chi connectivity index (χ4n) is 2.08. The van der Waals surface area contributed by atoms with Gasteiger partial charge in [0.15, 0.2) is 0 Å². The molecule has 1 aliphatic rings. The molecule has 0 bridgehead atoms. The van der Waals surface area contributed by atoms with E-state index in [9.17, 15) is 0 Å². The zero-order chi connectivity index (χ0) is 11.5. The van der Waals surface area contributed by atoms with Crippen molar-refractivity contribution in [2.75, 3.05) is 20.1 Å². The predicted molar refractivity (Wildman–Crippen MR) is 71.9 cm³/mol. The van der Waals surface area contributed by atoms with Crippen molar-refractivity contribution < 1.29 is 0 Å². The van der Waals surface area contributed by atoms with Crippen LogP contribution in [-0.2, 0) is 6.54 Å². The Labute approximate surface area is 110 Å². The third-order valence-electron chi connectivity index (χ3n) is 3.09. The first kappa shape index (κ1) is 12.4. The number of hydrogen-bond donors (Lipinski definition) is 1. The summed E-state index contributed by atoms with van der Waals surface area (Å²) in [6.07, 6.45) is 1.22. The second kappa shape index (κ2) is 5.50. The summed E-state index contributed by atoms with van der Waals surface area (Å²) in [6, 6.07) is 6.65. The molecule has 1 N–H and O–H groups in total. The number of benzene rings is 1. The predicted octanol–water partition coefficient (Wildman–Crippen LogP) is 2.90. The van der Waals surface area contributed by atoms with Gasteiger partial charge in [0.1, 0.15) is 0 Å². The van der Waals surface area contributed by atoms with Gasteiger partial charge in [-0.1, -0.05) is 27.5 Å². The molecular weight excluding hydrogens is 288 g/mol. The molecule has 1 fully saturated rings. The summed E-state index contributed by atoms with van der Waals surface area (Å²) in [5.41, 5.74) is 1.19. The molecule has 1 aliphatic heterocycles. The van der Waals surface area contributed by atoms with Crippen molar-refractivity contribution in [2.24, 2.45) is 0 Å². The van der Waals surface area contributed by atoms with Crippen LogP contribution in [0.25, 0.3) is 0 Å². The molecule has 1 atom stereocenters. The van der Waals surface area contributed by atoms with Crippen LogP contribution in [0.3, 0.4) is 0 Å². The number of halogens is 2. The maximum atomic E-state index is 6.18. The highest BCUT2D eigenvalue weighted by atomic mass is 79.9. The molecule has 0 amide bonds. The minimum absolute atomic E-state index is 0.634. The van der Waals surface area contributed by atoms with Crippen LogP contribution in [0.15, 0.2) is 22.7 Å². The smallest absolute Gasteiger partial charge is 0.0451 e. The van der Waals surface area contributed by atoms with E-state index in [0.29, 0.717) is 6.04 Å². The summed E-state index contributed by atoms with van der Waals surface area (Å²) >= 11 is 9.66. The quantitative estimate of drug-likeness (QED) is 0.924. The van der Waals surface area contributed by atoms with E-state index in [-0.39, 0.29) is 0 Å². The molecule has 1 unspecified atom stereocenters. The van der Waals surface area contributed by atoms with Gasteiger partial charge in [0.25, 0.3) is 0 Å². The summed E-state index contributed by atoms with van der Waals surface area (Å²) in [5, 5.41) is 4.23. The van der Waals surface area contributed by atoms with Crippen LogP contribution in [0.2, 0.25) is 5.02 Å². The number of nitrogens with zero attached hydrogens (tertiary/aromatic N) is 1. The minimum atomic E-state index is 0.634. The summed E-state index contributed by atoms with van der Waals surface area (Å²) in [4.78, 5) is 2.37. The largest absolute Gasteiger partial charge is 0.315 e. The van der Waals surface area contributed by atoms with Gasteiger partial charge >= 0.3 is 0 Å². The standard InChI is InChI=1S/C12H16BrClN2/c1-16(11-4-5-15-7-11)8-9-6-10(13)2-3-12(9)14/h2-3,6,11,15H,4-5,7-8H2,1H3. The van der Waals surface area contributed by atoms with Crippen molar-refractivity contribution in [3.63, 3.8) is 0 Å². The third kappa shape index (κ3) is 2.98. The average Bonchev–Trinajstić information content (AvgIpc) is 2.76. The second-order valence-electron chi connectivity index (χ2n) is 4.30. The topological polar surface area (TPSA) is 15.3 Å². The zero-order valence-electron chi connectivity index (χ0n) is 9.34. The normalized spacial score (nSPS) is 20.6. The Kier molecular flexibility index (Phi) is 4.25. The lowest BCUT2D eigenvalue weighted by Gasteiger charge is -2.24. The maximum Gasteiger partial charge on any atom is 0.0451 e. The molecule has 0 radical (unpaired) electrons. The Morgan fingerprint density at radius 2 is 2.38 bits per heavy atom. The second-order valence-corrected chi connectivity index (χ2v) is 5.62. The maximum absolute atomic E-state index is 6.18. The van der Waals surface area contributed by atoms with Crippen LogP contribution in [0, 0.1) is 0 Å². The summed E-state index contributed by atoms with van der Waals surface area (Å²) in [7, 11) is 2.16. The SMILES string of the molecule is CN(Cc1cc(Br)ccc1Cl)C1CCNC1. The minimum Gasteiger partial charge on any atom is -0.315 e. The van der Waals surface area contributed by atoms with Gasteiger partial charge in [-0.2, -0.15) is 0 Å². The van der Waals surface area contributed by atoms with Crippen LogP contribution in [0.5, 0.6) is 0 Å². The van der Waals surface area contributed by atoms with Crippen LogP contribution in [-0.4, -0.2) is 31.1 Å². The molecule has 0 aromatic heterocycles. The van der Waals surface area contributed by atoms with Gasteiger partial charge in [-0.3, -0.25) is 4.90 Å². The van der Waals surface area contributed by atoms with Crippen molar-refractivity contribution in [1.82, 2.24) is 10.2 Å². The summed E-state index contributed by atoms with van der Waals surface area (Å²) in [6.45, 7) is 3.12. The highest BCUT2D eigenvalue weighted by Gasteiger charge is 2.19. The van der Waals surface area contributed by atoms with E-state index < -0.39 is 0 Å². The molecule has 0 saturated carbocycles. The number of nitrogens with one attached hydrogen (secondary N) is 1. The van der Waals surface area contributed by atoms with E-state index >= 15 is 0 Å². The Hall–Kier alpha value is -0.0900. The number of likely N-dealkylation sites (N-methyl/N-ethyl adjacent to an activating group) is 1. The van der Waals surface area contributed by atoms with Gasteiger partial charge in [-0.25, -0.2) is 0 Å². The molecule has 2 nitrogen and oxygen atoms in total. The van der Waals surface area contributed by atoms with Crippen LogP contribution in [0.4, 0.5) is 0 Å². The summed E-state index contributed by atoms with van der Waals surface area (Å²) in [5.74, 6) is 0. The lowest BCUT2D eigenvalue weighted by Crippen LogP contribution is -2.32. The van der Waals surface area contributed by atoms with Gasteiger partial charge in [-0.05, 0) is 43.8 Å². The van der Waals surface area contributed by atoms with E-state index in [4.69, 9.17) is 11.6 Å². The first-order valence-corrected chi connectivity index (χ1v) is 6.69. The van der Waals surface area contributed by atoms with E-state index in [1.807, 2.05) is 12.1 Å². The zero-order valence-corrected chi connectivity index (χ0v) is 11.7. The Morgan fingerprint density at radius 3 is 3.06 bits per heavy atom. The van der Waals surface area contributed by atoms with Crippen LogP contribution in [0.1, 0.15) is 12.0 Å². The van der Waals surface area contributed by atoms with Gasteiger partial charge in [0.2, 0.25) is 0 Å². The van der Waals surface area contributed by atoms with Crippen LogP contribution >= 0.6 is 27.5 Å². The molecule has 1 aromatic carbocycles. The van der Waals surface area contributed by atoms with Crippen molar-refractivity contribution in [3.05, 3.63) is 33.3 Å². The van der Waals surface area contributed by atoms with E-state index in [2.05, 4.69) is 39.3 Å². The summed E-state index contributed by atoms with van der Waals surface area (Å²) < 4.78 is 1.09. The molecule has 1 heterocycles. The average molecular weight is 304 g/mol. The van der Waals surface area contributed by atoms with E-state index in [1.165, 1.54) is 12.0 Å². The first-order chi connectivity index (χ1) is 7.66. The molecule has 4 heteroatoms. The van der Waals surface area contributed by atoms with Gasteiger partial charge in [0.05, 0.1) is 0 Å². The first-order valence-electron chi connectivity index (χ1n) is 5.51. The lowest BCUT2D eigenvalue weighted by molar-refractivity contribution is 0.249. The highest BCUT2D eigenvalue weighted by molar-refractivity contribution is 9.10. The molecule has 1 saturated heterocycles. The number of rotatable bonds is 3. The third-order valence-corrected chi connectivity index (χ3v) is 3.95. The van der Waals surface area contributed by atoms with Gasteiger partial charge < -0.3 is 5.32 Å². The fourth-order valence-corrected chi connectivity index (χ4v) is 2.66. The van der Waals surface area contributed by atoms with Gasteiger partial charge in [-0.15, -0.1) is 0 Å². The van der Waals surface area contributed by atoms with Crippen molar-refractivity contribution in [1.29, 1.82) is 0 Å². The van der Waals surface area contributed by atoms with Crippen LogP contribution < -0.4 is 5.32 Å². The fraction of sp³-hybridized carbons (Fsp3) is 0.500. The van der Waals surface area contributed by atoms with Crippen molar-refractivity contribution in [2.45, 2.75) is 19.0 Å². The Bertz CT molecular complexity index is 364. The molecule has 2 rings (SSSR count). The molecule has 0 aliphatic carbocycles. The number of hydrogen-bond acceptors (Lipinski definition) is 2. The molecule has 0 spiro atoms. The van der Waals surface area contributed by atoms with Crippen molar-refractivity contribution >= 4 is 27.5 Å². The Morgan fingerprint density at radius 1 is 1.56 bits per heavy atom. The molecule has 88 valence electrons. The Balaban J connectivity index is 2.04. The van der Waals surface area contributed by atoms with Gasteiger partial charge in [0, 0.05) is 28.6 Å². The molecular formula is C12H16BrClN2. The molecule has 1 aromatic rings. The lowest BCUT2D eigenvalue weighted by atomic mass is 10.1. The van der Waals surface area contributed by atoms with E-state index in [1.54, 1.807) is 0 Å². The molecule has 16 heavy (non-hydrogen) atoms. The van der Waals surface area contributed by atoms with Crippen molar-refractivity contribution in [3.8, 4) is 0 Å².